The number of unbranched alkanes of at least 4 members (excludes halogenated alkanes) is 1. The number of rotatable bonds is 9. The van der Waals surface area contributed by atoms with Crippen molar-refractivity contribution in [3.63, 3.8) is 0 Å². The molecule has 1 amide bonds. The second-order valence-electron chi connectivity index (χ2n) is 6.55. The number of halogens is 1. The summed E-state index contributed by atoms with van der Waals surface area (Å²) in [6, 6.07) is 13.8. The van der Waals surface area contributed by atoms with Gasteiger partial charge in [-0.2, -0.15) is 0 Å². The Balaban J connectivity index is 2.05. The Morgan fingerprint density at radius 2 is 1.70 bits per heavy atom. The molecule has 0 radical (unpaired) electrons. The third-order valence-electron chi connectivity index (χ3n) is 4.07. The zero-order valence-corrected chi connectivity index (χ0v) is 17.1. The fourth-order valence-corrected chi connectivity index (χ4v) is 3.58. The number of benzene rings is 2. The van der Waals surface area contributed by atoms with Gasteiger partial charge in [0.1, 0.15) is 0 Å². The first kappa shape index (κ1) is 21.4. The molecule has 2 aromatic carbocycles. The Kier molecular flexibility index (Phi) is 7.83. The number of sulfonamides is 1. The van der Waals surface area contributed by atoms with Gasteiger partial charge in [-0.25, -0.2) is 13.1 Å². The molecule has 2 aromatic rings. The van der Waals surface area contributed by atoms with Crippen molar-refractivity contribution in [2.24, 2.45) is 0 Å². The number of anilines is 1. The van der Waals surface area contributed by atoms with Crippen molar-refractivity contribution in [3.8, 4) is 0 Å². The van der Waals surface area contributed by atoms with Crippen LogP contribution >= 0.6 is 11.6 Å². The van der Waals surface area contributed by atoms with Crippen LogP contribution in [0.25, 0.3) is 0 Å². The summed E-state index contributed by atoms with van der Waals surface area (Å²) in [5, 5.41) is 3.37. The summed E-state index contributed by atoms with van der Waals surface area (Å²) < 4.78 is 25.9. The van der Waals surface area contributed by atoms with Crippen molar-refractivity contribution in [2.45, 2.75) is 38.6 Å². The van der Waals surface area contributed by atoms with Gasteiger partial charge in [-0.1, -0.05) is 49.2 Å². The van der Waals surface area contributed by atoms with Gasteiger partial charge in [-0.15, -0.1) is 0 Å². The van der Waals surface area contributed by atoms with Gasteiger partial charge >= 0.3 is 0 Å². The number of carbonyl (C=O) groups is 1. The van der Waals surface area contributed by atoms with Gasteiger partial charge in [0.2, 0.25) is 15.9 Å². The predicted molar refractivity (Wildman–Crippen MR) is 110 cm³/mol. The van der Waals surface area contributed by atoms with Crippen LogP contribution in [-0.4, -0.2) is 20.6 Å². The quantitative estimate of drug-likeness (QED) is 0.649. The fourth-order valence-electron chi connectivity index (χ4n) is 2.71. The highest BCUT2D eigenvalue weighted by Crippen LogP contribution is 2.21. The molecule has 0 saturated heterocycles. The highest BCUT2D eigenvalue weighted by molar-refractivity contribution is 7.88. The van der Waals surface area contributed by atoms with Crippen molar-refractivity contribution in [3.05, 3.63) is 64.7 Å². The summed E-state index contributed by atoms with van der Waals surface area (Å²) in [5.41, 5.74) is 2.59. The average molecular weight is 409 g/mol. The smallest absolute Gasteiger partial charge is 0.226 e. The first-order chi connectivity index (χ1) is 12.8. The van der Waals surface area contributed by atoms with Gasteiger partial charge in [0.25, 0.3) is 0 Å². The molecule has 0 unspecified atom stereocenters. The van der Waals surface area contributed by atoms with Gasteiger partial charge in [0, 0.05) is 17.1 Å². The Morgan fingerprint density at radius 1 is 1.07 bits per heavy atom. The molecule has 2 N–H and O–H groups in total. The Bertz CT molecular complexity index is 850. The van der Waals surface area contributed by atoms with Gasteiger partial charge < -0.3 is 5.32 Å². The Morgan fingerprint density at radius 3 is 2.26 bits per heavy atom. The highest BCUT2D eigenvalue weighted by Gasteiger charge is 2.20. The zero-order chi connectivity index (χ0) is 19.9. The van der Waals surface area contributed by atoms with Crippen LogP contribution in [0.5, 0.6) is 0 Å². The number of hydrogen-bond donors (Lipinski definition) is 2. The molecule has 0 aliphatic carbocycles. The van der Waals surface area contributed by atoms with E-state index in [0.717, 1.165) is 25.5 Å². The number of carbonyl (C=O) groups excluding carboxylic acids is 1. The normalized spacial score (nSPS) is 12.6. The van der Waals surface area contributed by atoms with Crippen LogP contribution in [0.2, 0.25) is 5.02 Å². The van der Waals surface area contributed by atoms with Crippen molar-refractivity contribution in [1.29, 1.82) is 0 Å². The van der Waals surface area contributed by atoms with Gasteiger partial charge in [-0.05, 0) is 48.2 Å². The van der Waals surface area contributed by atoms with Gasteiger partial charge in [0.15, 0.2) is 0 Å². The van der Waals surface area contributed by atoms with E-state index < -0.39 is 16.1 Å². The first-order valence-electron chi connectivity index (χ1n) is 8.88. The maximum absolute atomic E-state index is 12.4. The molecule has 0 saturated carbocycles. The molecule has 1 atom stereocenters. The molecular weight excluding hydrogens is 384 g/mol. The zero-order valence-electron chi connectivity index (χ0n) is 15.5. The van der Waals surface area contributed by atoms with Crippen molar-refractivity contribution in [2.75, 3.05) is 11.6 Å². The molecule has 0 aliphatic heterocycles. The summed E-state index contributed by atoms with van der Waals surface area (Å²) in [7, 11) is -3.48. The van der Waals surface area contributed by atoms with Crippen molar-refractivity contribution in [1.82, 2.24) is 4.72 Å². The summed E-state index contributed by atoms with van der Waals surface area (Å²) in [6.45, 7) is 2.15. The number of amides is 1. The van der Waals surface area contributed by atoms with E-state index in [9.17, 15) is 13.2 Å². The molecule has 0 aliphatic rings. The topological polar surface area (TPSA) is 75.3 Å². The van der Waals surface area contributed by atoms with Crippen LogP contribution in [0, 0.1) is 0 Å². The van der Waals surface area contributed by atoms with Crippen LogP contribution in [0.4, 0.5) is 5.69 Å². The third-order valence-corrected chi connectivity index (χ3v) is 5.04. The second-order valence-corrected chi connectivity index (χ2v) is 8.76. The lowest BCUT2D eigenvalue weighted by Gasteiger charge is -2.18. The molecule has 0 heterocycles. The molecule has 0 aromatic heterocycles. The van der Waals surface area contributed by atoms with E-state index in [1.54, 1.807) is 24.3 Å². The molecular formula is C20H25ClN2O3S. The van der Waals surface area contributed by atoms with Crippen LogP contribution in [0.15, 0.2) is 48.5 Å². The van der Waals surface area contributed by atoms with Crippen LogP contribution in [-0.2, 0) is 21.2 Å². The monoisotopic (exact) mass is 408 g/mol. The highest BCUT2D eigenvalue weighted by atomic mass is 35.5. The van der Waals surface area contributed by atoms with Crippen LogP contribution in [0.1, 0.15) is 43.4 Å². The lowest BCUT2D eigenvalue weighted by Crippen LogP contribution is -2.30. The molecule has 7 heteroatoms. The van der Waals surface area contributed by atoms with Gasteiger partial charge in [-0.3, -0.25) is 4.79 Å². The van der Waals surface area contributed by atoms with E-state index >= 15 is 0 Å². The predicted octanol–water partition coefficient (Wildman–Crippen LogP) is 4.30. The SMILES string of the molecule is CCCCc1ccc(NC(=O)C[C@H](NS(C)(=O)=O)c2ccc(Cl)cc2)cc1. The summed E-state index contributed by atoms with van der Waals surface area (Å²) in [6.07, 6.45) is 4.33. The summed E-state index contributed by atoms with van der Waals surface area (Å²) >= 11 is 5.89. The van der Waals surface area contributed by atoms with E-state index in [1.165, 1.54) is 5.56 Å². The maximum Gasteiger partial charge on any atom is 0.226 e. The van der Waals surface area contributed by atoms with Crippen LogP contribution in [0.3, 0.4) is 0 Å². The average Bonchev–Trinajstić information content (AvgIpc) is 2.60. The number of hydrogen-bond acceptors (Lipinski definition) is 3. The third kappa shape index (κ3) is 7.71. The lowest BCUT2D eigenvalue weighted by atomic mass is 10.0. The van der Waals surface area contributed by atoms with Crippen molar-refractivity contribution < 1.29 is 13.2 Å². The van der Waals surface area contributed by atoms with Gasteiger partial charge in [0.05, 0.1) is 12.3 Å². The van der Waals surface area contributed by atoms with Crippen LogP contribution < -0.4 is 10.0 Å². The molecule has 146 valence electrons. The molecule has 0 spiro atoms. The number of aryl methyl sites for hydroxylation is 1. The molecule has 0 fully saturated rings. The molecule has 5 nitrogen and oxygen atoms in total. The van der Waals surface area contributed by atoms with E-state index in [4.69, 9.17) is 11.6 Å². The minimum Gasteiger partial charge on any atom is -0.326 e. The lowest BCUT2D eigenvalue weighted by molar-refractivity contribution is -0.116. The second kappa shape index (κ2) is 9.88. The van der Waals surface area contributed by atoms with Crippen molar-refractivity contribution >= 4 is 33.2 Å². The molecule has 27 heavy (non-hydrogen) atoms. The summed E-state index contributed by atoms with van der Waals surface area (Å²) in [4.78, 5) is 12.4. The molecule has 2 rings (SSSR count). The maximum atomic E-state index is 12.4. The summed E-state index contributed by atoms with van der Waals surface area (Å²) in [5.74, 6) is -0.271. The minimum absolute atomic E-state index is 0.0215. The Hall–Kier alpha value is -1.89. The largest absolute Gasteiger partial charge is 0.326 e. The standard InChI is InChI=1S/C20H25ClN2O3S/c1-3-4-5-15-6-12-18(13-7-15)22-20(24)14-19(23-27(2,25)26)16-8-10-17(21)11-9-16/h6-13,19,23H,3-5,14H2,1-2H3,(H,22,24)/t19-/m0/s1. The minimum atomic E-state index is -3.48. The van der Waals surface area contributed by atoms with E-state index in [0.29, 0.717) is 16.3 Å². The number of nitrogens with one attached hydrogen (secondary N) is 2. The van der Waals surface area contributed by atoms with E-state index in [-0.39, 0.29) is 12.3 Å². The Labute approximate surface area is 166 Å². The molecule has 0 bridgehead atoms. The first-order valence-corrected chi connectivity index (χ1v) is 11.2. The fraction of sp³-hybridized carbons (Fsp3) is 0.350. The van der Waals surface area contributed by atoms with E-state index in [1.807, 2.05) is 24.3 Å². The van der Waals surface area contributed by atoms with E-state index in [2.05, 4.69) is 17.0 Å².